The van der Waals surface area contributed by atoms with Crippen LogP contribution >= 0.6 is 11.3 Å². The maximum absolute atomic E-state index is 6.31. The molecule has 2 atom stereocenters. The third-order valence-electron chi connectivity index (χ3n) is 3.66. The first kappa shape index (κ1) is 16.7. The average molecular weight is 282 g/mol. The van der Waals surface area contributed by atoms with Crippen LogP contribution in [-0.2, 0) is 0 Å². The second kappa shape index (κ2) is 8.72. The van der Waals surface area contributed by atoms with Crippen molar-refractivity contribution in [3.05, 3.63) is 21.9 Å². The summed E-state index contributed by atoms with van der Waals surface area (Å²) in [6, 6.07) is 2.79. The predicted molar refractivity (Wildman–Crippen MR) is 86.8 cm³/mol. The van der Waals surface area contributed by atoms with Gasteiger partial charge in [0.1, 0.15) is 0 Å². The van der Waals surface area contributed by atoms with Gasteiger partial charge in [0.05, 0.1) is 6.04 Å². The van der Waals surface area contributed by atoms with E-state index in [-0.39, 0.29) is 6.04 Å². The fourth-order valence-corrected chi connectivity index (χ4v) is 3.71. The standard InChI is InChI=1S/C16H30N2S/c1-5-7-10-18(11-8-6-2)15(14(4)17)16-13(3)9-12-19-16/h9,12,14-15H,5-8,10-11,17H2,1-4H3. The minimum absolute atomic E-state index is 0.186. The van der Waals surface area contributed by atoms with Gasteiger partial charge in [-0.3, -0.25) is 4.90 Å². The van der Waals surface area contributed by atoms with Crippen LogP contribution in [0.4, 0.5) is 0 Å². The topological polar surface area (TPSA) is 29.3 Å². The van der Waals surface area contributed by atoms with Gasteiger partial charge >= 0.3 is 0 Å². The summed E-state index contributed by atoms with van der Waals surface area (Å²) < 4.78 is 0. The van der Waals surface area contributed by atoms with Gasteiger partial charge in [0.25, 0.3) is 0 Å². The highest BCUT2D eigenvalue weighted by Gasteiger charge is 2.25. The Kier molecular flexibility index (Phi) is 7.66. The van der Waals surface area contributed by atoms with Gasteiger partial charge in [-0.25, -0.2) is 0 Å². The molecule has 1 heterocycles. The van der Waals surface area contributed by atoms with Crippen LogP contribution < -0.4 is 5.73 Å². The van der Waals surface area contributed by atoms with Crippen molar-refractivity contribution in [2.24, 2.45) is 5.73 Å². The zero-order valence-corrected chi connectivity index (χ0v) is 13.8. The summed E-state index contributed by atoms with van der Waals surface area (Å²) in [4.78, 5) is 4.07. The van der Waals surface area contributed by atoms with Gasteiger partial charge < -0.3 is 5.73 Å². The molecule has 0 radical (unpaired) electrons. The SMILES string of the molecule is CCCCN(CCCC)C(c1sccc1C)C(C)N. The van der Waals surface area contributed by atoms with E-state index in [2.05, 4.69) is 44.0 Å². The van der Waals surface area contributed by atoms with Gasteiger partial charge in [0.2, 0.25) is 0 Å². The van der Waals surface area contributed by atoms with Crippen molar-refractivity contribution in [3.8, 4) is 0 Å². The van der Waals surface area contributed by atoms with E-state index in [0.717, 1.165) is 0 Å². The maximum Gasteiger partial charge on any atom is 0.0593 e. The van der Waals surface area contributed by atoms with Crippen LogP contribution in [-0.4, -0.2) is 24.0 Å². The number of hydrogen-bond donors (Lipinski definition) is 1. The van der Waals surface area contributed by atoms with Gasteiger partial charge in [0, 0.05) is 10.9 Å². The lowest BCUT2D eigenvalue weighted by Crippen LogP contribution is -2.40. The predicted octanol–water partition coefficient (Wildman–Crippen LogP) is 4.35. The summed E-state index contributed by atoms with van der Waals surface area (Å²) >= 11 is 1.86. The second-order valence-corrected chi connectivity index (χ2v) is 6.46. The van der Waals surface area contributed by atoms with Crippen LogP contribution in [0.2, 0.25) is 0 Å². The van der Waals surface area contributed by atoms with Crippen molar-refractivity contribution in [3.63, 3.8) is 0 Å². The van der Waals surface area contributed by atoms with Gasteiger partial charge in [0.15, 0.2) is 0 Å². The molecule has 0 spiro atoms. The molecule has 110 valence electrons. The summed E-state index contributed by atoms with van der Waals surface area (Å²) in [5.41, 5.74) is 7.70. The fraction of sp³-hybridized carbons (Fsp3) is 0.750. The molecule has 0 aliphatic rings. The fourth-order valence-electron chi connectivity index (χ4n) is 2.54. The Morgan fingerprint density at radius 1 is 1.21 bits per heavy atom. The molecular formula is C16H30N2S. The van der Waals surface area contributed by atoms with Crippen molar-refractivity contribution in [2.75, 3.05) is 13.1 Å². The van der Waals surface area contributed by atoms with E-state index < -0.39 is 0 Å². The van der Waals surface area contributed by atoms with E-state index in [1.54, 1.807) is 0 Å². The van der Waals surface area contributed by atoms with Gasteiger partial charge in [-0.1, -0.05) is 26.7 Å². The minimum Gasteiger partial charge on any atom is -0.326 e. The Balaban J connectivity index is 2.88. The van der Waals surface area contributed by atoms with Crippen molar-refractivity contribution in [2.45, 2.75) is 65.5 Å². The molecule has 0 fully saturated rings. The number of rotatable bonds is 9. The first-order valence-electron chi connectivity index (χ1n) is 7.65. The highest BCUT2D eigenvalue weighted by Crippen LogP contribution is 2.31. The average Bonchev–Trinajstić information content (AvgIpc) is 2.78. The molecule has 0 bridgehead atoms. The van der Waals surface area contributed by atoms with Crippen LogP contribution in [0, 0.1) is 6.92 Å². The zero-order chi connectivity index (χ0) is 14.3. The summed E-state index contributed by atoms with van der Waals surface area (Å²) in [5.74, 6) is 0. The monoisotopic (exact) mass is 282 g/mol. The Labute approximate surface area is 123 Å². The summed E-state index contributed by atoms with van der Waals surface area (Å²) in [5, 5.41) is 2.19. The lowest BCUT2D eigenvalue weighted by Gasteiger charge is -2.34. The Morgan fingerprint density at radius 3 is 2.16 bits per heavy atom. The van der Waals surface area contributed by atoms with Crippen LogP contribution in [0.1, 0.15) is 62.9 Å². The molecule has 2 N–H and O–H groups in total. The molecule has 0 aliphatic heterocycles. The van der Waals surface area contributed by atoms with Crippen molar-refractivity contribution in [1.29, 1.82) is 0 Å². The molecule has 3 heteroatoms. The van der Waals surface area contributed by atoms with E-state index in [4.69, 9.17) is 5.73 Å². The van der Waals surface area contributed by atoms with Crippen LogP contribution in [0.25, 0.3) is 0 Å². The van der Waals surface area contributed by atoms with Crippen molar-refractivity contribution >= 4 is 11.3 Å². The molecule has 0 amide bonds. The number of aryl methyl sites for hydroxylation is 1. The molecule has 1 aromatic heterocycles. The lowest BCUT2D eigenvalue weighted by molar-refractivity contribution is 0.173. The van der Waals surface area contributed by atoms with Crippen LogP contribution in [0.15, 0.2) is 11.4 Å². The number of thiophene rings is 1. The Morgan fingerprint density at radius 2 is 1.79 bits per heavy atom. The van der Waals surface area contributed by atoms with E-state index >= 15 is 0 Å². The molecule has 0 saturated heterocycles. The van der Waals surface area contributed by atoms with Gasteiger partial charge in [-0.05, 0) is 56.8 Å². The Bertz CT molecular complexity index is 338. The van der Waals surface area contributed by atoms with Gasteiger partial charge in [-0.2, -0.15) is 0 Å². The first-order chi connectivity index (χ1) is 9.11. The molecule has 2 unspecified atom stereocenters. The quantitative estimate of drug-likeness (QED) is 0.729. The van der Waals surface area contributed by atoms with E-state index in [1.165, 1.54) is 49.2 Å². The molecule has 1 aromatic rings. The van der Waals surface area contributed by atoms with E-state index in [1.807, 2.05) is 11.3 Å². The number of hydrogen-bond acceptors (Lipinski definition) is 3. The lowest BCUT2D eigenvalue weighted by atomic mass is 10.0. The highest BCUT2D eigenvalue weighted by molar-refractivity contribution is 7.10. The van der Waals surface area contributed by atoms with Gasteiger partial charge in [-0.15, -0.1) is 11.3 Å². The summed E-state index contributed by atoms with van der Waals surface area (Å²) in [6.07, 6.45) is 5.02. The molecule has 0 aromatic carbocycles. The number of nitrogens with two attached hydrogens (primary N) is 1. The normalized spacial score (nSPS) is 14.8. The van der Waals surface area contributed by atoms with E-state index in [0.29, 0.717) is 6.04 Å². The number of unbranched alkanes of at least 4 members (excludes halogenated alkanes) is 2. The largest absolute Gasteiger partial charge is 0.326 e. The summed E-state index contributed by atoms with van der Waals surface area (Å²) in [6.45, 7) is 11.2. The van der Waals surface area contributed by atoms with Crippen molar-refractivity contribution in [1.82, 2.24) is 4.90 Å². The molecule has 19 heavy (non-hydrogen) atoms. The molecule has 0 aliphatic carbocycles. The number of nitrogens with zero attached hydrogens (tertiary/aromatic N) is 1. The molecule has 1 rings (SSSR count). The third kappa shape index (κ3) is 4.90. The third-order valence-corrected chi connectivity index (χ3v) is 4.75. The molecule has 0 saturated carbocycles. The Hall–Kier alpha value is -0.380. The smallest absolute Gasteiger partial charge is 0.0593 e. The van der Waals surface area contributed by atoms with Crippen molar-refractivity contribution < 1.29 is 0 Å². The molecule has 2 nitrogen and oxygen atoms in total. The summed E-state index contributed by atoms with van der Waals surface area (Å²) in [7, 11) is 0. The second-order valence-electron chi connectivity index (χ2n) is 5.51. The highest BCUT2D eigenvalue weighted by atomic mass is 32.1. The minimum atomic E-state index is 0.186. The van der Waals surface area contributed by atoms with Crippen LogP contribution in [0.3, 0.4) is 0 Å². The maximum atomic E-state index is 6.31. The molecular weight excluding hydrogens is 252 g/mol. The van der Waals surface area contributed by atoms with Crippen LogP contribution in [0.5, 0.6) is 0 Å². The van der Waals surface area contributed by atoms with E-state index in [9.17, 15) is 0 Å². The zero-order valence-electron chi connectivity index (χ0n) is 13.0. The first-order valence-corrected chi connectivity index (χ1v) is 8.53.